The number of amides is 2. The zero-order valence-electron chi connectivity index (χ0n) is 11.4. The topological polar surface area (TPSA) is 95.7 Å². The molecule has 1 saturated heterocycles. The average Bonchev–Trinajstić information content (AvgIpc) is 2.44. The fourth-order valence-corrected chi connectivity index (χ4v) is 2.70. The maximum atomic E-state index is 12.4. The number of nitrogens with two attached hydrogens (primary N) is 1. The summed E-state index contributed by atoms with van der Waals surface area (Å²) >= 11 is 0. The molecule has 0 aromatic carbocycles. The van der Waals surface area contributed by atoms with Crippen molar-refractivity contribution in [3.63, 3.8) is 0 Å². The SMILES string of the molecule is CC(=O)N1CCN2c3nc(N)ncc3N(C)C(=O)C2C1. The summed E-state index contributed by atoms with van der Waals surface area (Å²) in [7, 11) is 1.69. The van der Waals surface area contributed by atoms with Crippen molar-refractivity contribution in [3.8, 4) is 0 Å². The van der Waals surface area contributed by atoms with Gasteiger partial charge >= 0.3 is 0 Å². The molecule has 1 unspecified atom stereocenters. The fraction of sp³-hybridized carbons (Fsp3) is 0.500. The zero-order valence-corrected chi connectivity index (χ0v) is 11.4. The lowest BCUT2D eigenvalue weighted by atomic mass is 10.1. The van der Waals surface area contributed by atoms with Gasteiger partial charge in [-0.05, 0) is 0 Å². The second kappa shape index (κ2) is 4.32. The summed E-state index contributed by atoms with van der Waals surface area (Å²) < 4.78 is 0. The number of likely N-dealkylation sites (N-methyl/N-ethyl adjacent to an activating group) is 1. The Kier molecular flexibility index (Phi) is 2.73. The minimum Gasteiger partial charge on any atom is -0.368 e. The first kappa shape index (κ1) is 12.6. The van der Waals surface area contributed by atoms with Gasteiger partial charge in [0.25, 0.3) is 5.91 Å². The van der Waals surface area contributed by atoms with Crippen molar-refractivity contribution in [1.29, 1.82) is 0 Å². The zero-order chi connectivity index (χ0) is 14.4. The van der Waals surface area contributed by atoms with Crippen molar-refractivity contribution < 1.29 is 9.59 Å². The molecule has 2 aliphatic rings. The smallest absolute Gasteiger partial charge is 0.251 e. The minimum absolute atomic E-state index is 0.0203. The number of fused-ring (bicyclic) bond motifs is 3. The second-order valence-electron chi connectivity index (χ2n) is 5.01. The van der Waals surface area contributed by atoms with Crippen molar-refractivity contribution in [1.82, 2.24) is 14.9 Å². The van der Waals surface area contributed by atoms with E-state index in [0.717, 1.165) is 0 Å². The summed E-state index contributed by atoms with van der Waals surface area (Å²) in [6.45, 7) is 3.03. The quantitative estimate of drug-likeness (QED) is 0.658. The molecule has 0 radical (unpaired) electrons. The minimum atomic E-state index is -0.403. The van der Waals surface area contributed by atoms with Crippen molar-refractivity contribution in [3.05, 3.63) is 6.20 Å². The Morgan fingerprint density at radius 1 is 1.45 bits per heavy atom. The number of carbonyl (C=O) groups excluding carboxylic acids is 2. The molecule has 0 aliphatic carbocycles. The molecule has 3 rings (SSSR count). The van der Waals surface area contributed by atoms with Crippen molar-refractivity contribution >= 4 is 29.3 Å². The number of hydrogen-bond acceptors (Lipinski definition) is 6. The standard InChI is InChI=1S/C12H16N6O2/c1-7(19)17-3-4-18-9(6-17)11(20)16(2)8-5-14-12(13)15-10(8)18/h5,9H,3-4,6H2,1-2H3,(H2,13,14,15). The van der Waals surface area contributed by atoms with Crippen LogP contribution >= 0.6 is 0 Å². The predicted octanol–water partition coefficient (Wildman–Crippen LogP) is -0.928. The highest BCUT2D eigenvalue weighted by atomic mass is 16.2. The second-order valence-corrected chi connectivity index (χ2v) is 5.01. The molecule has 2 aliphatic heterocycles. The van der Waals surface area contributed by atoms with Crippen molar-refractivity contribution in [2.75, 3.05) is 42.2 Å². The van der Waals surface area contributed by atoms with Crippen LogP contribution < -0.4 is 15.5 Å². The van der Waals surface area contributed by atoms with Crippen LogP contribution in [0.25, 0.3) is 0 Å². The molecule has 1 fully saturated rings. The molecule has 1 aromatic heterocycles. The Balaban J connectivity index is 2.01. The molecule has 0 bridgehead atoms. The number of rotatable bonds is 0. The van der Waals surface area contributed by atoms with Gasteiger partial charge in [0.05, 0.1) is 12.7 Å². The van der Waals surface area contributed by atoms with Crippen LogP contribution in [0.3, 0.4) is 0 Å². The Morgan fingerprint density at radius 2 is 2.20 bits per heavy atom. The van der Waals surface area contributed by atoms with E-state index in [9.17, 15) is 9.59 Å². The van der Waals surface area contributed by atoms with Gasteiger partial charge in [0.2, 0.25) is 11.9 Å². The van der Waals surface area contributed by atoms with Crippen LogP contribution in [0.4, 0.5) is 17.5 Å². The van der Waals surface area contributed by atoms with Crippen LogP contribution in [-0.2, 0) is 9.59 Å². The summed E-state index contributed by atoms with van der Waals surface area (Å²) in [5, 5.41) is 0. The average molecular weight is 276 g/mol. The van der Waals surface area contributed by atoms with Crippen LogP contribution in [0.2, 0.25) is 0 Å². The van der Waals surface area contributed by atoms with E-state index >= 15 is 0 Å². The first-order valence-electron chi connectivity index (χ1n) is 6.41. The molecule has 20 heavy (non-hydrogen) atoms. The number of nitrogen functional groups attached to an aromatic ring is 1. The lowest BCUT2D eigenvalue weighted by Gasteiger charge is -2.46. The summed E-state index contributed by atoms with van der Waals surface area (Å²) in [5.41, 5.74) is 6.29. The number of piperazine rings is 1. The van der Waals surface area contributed by atoms with E-state index in [1.807, 2.05) is 4.90 Å². The molecule has 1 atom stereocenters. The van der Waals surface area contributed by atoms with Crippen LogP contribution in [-0.4, -0.2) is 59.4 Å². The van der Waals surface area contributed by atoms with Gasteiger partial charge in [-0.1, -0.05) is 0 Å². The van der Waals surface area contributed by atoms with E-state index in [0.29, 0.717) is 31.1 Å². The predicted molar refractivity (Wildman–Crippen MR) is 73.2 cm³/mol. The van der Waals surface area contributed by atoms with Crippen molar-refractivity contribution in [2.24, 2.45) is 0 Å². The van der Waals surface area contributed by atoms with Gasteiger partial charge in [-0.3, -0.25) is 9.59 Å². The van der Waals surface area contributed by atoms with Crippen LogP contribution in [0.5, 0.6) is 0 Å². The normalized spacial score (nSPS) is 21.6. The number of nitrogens with zero attached hydrogens (tertiary/aromatic N) is 5. The lowest BCUT2D eigenvalue weighted by Crippen LogP contribution is -2.63. The maximum absolute atomic E-state index is 12.4. The third-order valence-corrected chi connectivity index (χ3v) is 3.84. The Bertz CT molecular complexity index is 589. The Morgan fingerprint density at radius 3 is 2.90 bits per heavy atom. The third-order valence-electron chi connectivity index (χ3n) is 3.84. The Hall–Kier alpha value is -2.38. The first-order valence-corrected chi connectivity index (χ1v) is 6.41. The van der Waals surface area contributed by atoms with E-state index in [1.165, 1.54) is 11.8 Å². The molecule has 8 nitrogen and oxygen atoms in total. The molecular formula is C12H16N6O2. The molecule has 1 aromatic rings. The molecule has 2 amide bonds. The highest BCUT2D eigenvalue weighted by molar-refractivity contribution is 6.04. The molecule has 8 heteroatoms. The summed E-state index contributed by atoms with van der Waals surface area (Å²) in [4.78, 5) is 37.2. The van der Waals surface area contributed by atoms with E-state index < -0.39 is 6.04 Å². The number of aromatic nitrogens is 2. The molecule has 0 spiro atoms. The maximum Gasteiger partial charge on any atom is 0.251 e. The number of anilines is 3. The van der Waals surface area contributed by atoms with Crippen LogP contribution in [0.1, 0.15) is 6.92 Å². The highest BCUT2D eigenvalue weighted by Gasteiger charge is 2.41. The molecule has 2 N–H and O–H groups in total. The van der Waals surface area contributed by atoms with Gasteiger partial charge in [-0.25, -0.2) is 4.98 Å². The monoisotopic (exact) mass is 276 g/mol. The highest BCUT2D eigenvalue weighted by Crippen LogP contribution is 2.34. The van der Waals surface area contributed by atoms with Crippen molar-refractivity contribution in [2.45, 2.75) is 13.0 Å². The van der Waals surface area contributed by atoms with Gasteiger partial charge in [0.1, 0.15) is 11.7 Å². The summed E-state index contributed by atoms with van der Waals surface area (Å²) in [6, 6.07) is -0.403. The van der Waals surface area contributed by atoms with E-state index in [4.69, 9.17) is 5.73 Å². The third kappa shape index (κ3) is 1.75. The van der Waals surface area contributed by atoms with Gasteiger partial charge in [0, 0.05) is 27.1 Å². The van der Waals surface area contributed by atoms with Gasteiger partial charge in [-0.15, -0.1) is 0 Å². The summed E-state index contributed by atoms with van der Waals surface area (Å²) in [5.74, 6) is 0.761. The molecule has 3 heterocycles. The lowest BCUT2D eigenvalue weighted by molar-refractivity contribution is -0.131. The Labute approximate surface area is 116 Å². The first-order chi connectivity index (χ1) is 9.49. The number of carbonyl (C=O) groups is 2. The molecule has 0 saturated carbocycles. The van der Waals surface area contributed by atoms with Gasteiger partial charge in [-0.2, -0.15) is 4.98 Å². The van der Waals surface area contributed by atoms with Crippen LogP contribution in [0.15, 0.2) is 6.20 Å². The fourth-order valence-electron chi connectivity index (χ4n) is 2.70. The molecular weight excluding hydrogens is 260 g/mol. The van der Waals surface area contributed by atoms with E-state index in [1.54, 1.807) is 18.1 Å². The van der Waals surface area contributed by atoms with Gasteiger partial charge < -0.3 is 20.4 Å². The largest absolute Gasteiger partial charge is 0.368 e. The number of hydrogen-bond donors (Lipinski definition) is 1. The van der Waals surface area contributed by atoms with E-state index in [2.05, 4.69) is 9.97 Å². The van der Waals surface area contributed by atoms with E-state index in [-0.39, 0.29) is 17.8 Å². The van der Waals surface area contributed by atoms with Crippen LogP contribution in [0, 0.1) is 0 Å². The summed E-state index contributed by atoms with van der Waals surface area (Å²) in [6.07, 6.45) is 1.56. The van der Waals surface area contributed by atoms with Gasteiger partial charge in [0.15, 0.2) is 5.82 Å². The molecule has 106 valence electrons.